The number of carbonyl (C=O) groups is 2. The molecule has 4 fully saturated rings. The summed E-state index contributed by atoms with van der Waals surface area (Å²) in [6.45, 7) is 2.00. The molecule has 6 nitrogen and oxygen atoms in total. The first kappa shape index (κ1) is 22.2. The van der Waals surface area contributed by atoms with E-state index in [1.165, 1.54) is 0 Å². The Bertz CT molecular complexity index is 1210. The molecular formula is C24H23ClI2N2O4-2. The molecule has 2 saturated carbocycles. The van der Waals surface area contributed by atoms with Crippen molar-refractivity contribution in [2.45, 2.75) is 28.0 Å². The summed E-state index contributed by atoms with van der Waals surface area (Å²) in [5.74, 6) is 2.15. The predicted octanol–water partition coefficient (Wildman–Crippen LogP) is -2.69. The van der Waals surface area contributed by atoms with Crippen molar-refractivity contribution in [1.82, 2.24) is 0 Å². The number of aryl methyl sites for hydroxylation is 1. The molecule has 2 aliphatic heterocycles. The van der Waals surface area contributed by atoms with Crippen molar-refractivity contribution in [3.63, 3.8) is 0 Å². The molecule has 2 saturated heterocycles. The summed E-state index contributed by atoms with van der Waals surface area (Å²) < 4.78 is 11.4. The van der Waals surface area contributed by atoms with Crippen molar-refractivity contribution in [3.05, 3.63) is 47.0 Å². The minimum absolute atomic E-state index is 0.0820. The zero-order valence-corrected chi connectivity index (χ0v) is 23.3. The third-order valence-electron chi connectivity index (χ3n) is 7.36. The van der Waals surface area contributed by atoms with E-state index in [9.17, 15) is 9.59 Å². The second-order valence-corrected chi connectivity index (χ2v) is 17.1. The molecule has 4 aliphatic rings. The van der Waals surface area contributed by atoms with E-state index in [0.29, 0.717) is 36.0 Å². The Balaban J connectivity index is 1.26. The first-order chi connectivity index (χ1) is 15.8. The first-order valence-electron chi connectivity index (χ1n) is 10.8. The van der Waals surface area contributed by atoms with E-state index in [2.05, 4.69) is 10.6 Å². The Hall–Kier alpha value is -1.27. The Labute approximate surface area is 218 Å². The molecule has 2 heterocycles. The van der Waals surface area contributed by atoms with Gasteiger partial charge in [0.2, 0.25) is 0 Å². The summed E-state index contributed by atoms with van der Waals surface area (Å²) in [6.07, 6.45) is 1.13. The second kappa shape index (κ2) is 7.61. The number of hydrogen-bond acceptors (Lipinski definition) is 4. The van der Waals surface area contributed by atoms with Crippen molar-refractivity contribution in [1.29, 1.82) is 0 Å². The number of hydrogen-bond donors (Lipinski definition) is 2. The van der Waals surface area contributed by atoms with Crippen LogP contribution in [0.2, 0.25) is 5.02 Å². The van der Waals surface area contributed by atoms with E-state index in [-0.39, 0.29) is 45.8 Å². The van der Waals surface area contributed by atoms with Gasteiger partial charge in [-0.3, -0.25) is 0 Å². The van der Waals surface area contributed by atoms with Crippen LogP contribution in [0.1, 0.15) is 12.0 Å². The van der Waals surface area contributed by atoms with Gasteiger partial charge in [0.1, 0.15) is 0 Å². The van der Waals surface area contributed by atoms with Crippen LogP contribution < -0.4 is 62.5 Å². The quantitative estimate of drug-likeness (QED) is 0.256. The number of ether oxygens (including phenoxy) is 2. The molecule has 0 radical (unpaired) electrons. The molecule has 2 bridgehead atoms. The summed E-state index contributed by atoms with van der Waals surface area (Å²) in [4.78, 5) is 27.4. The number of amides is 2. The Kier molecular flexibility index (Phi) is 5.12. The standard InChI is InChI=1S/C24H23ClI2N2O4/c1-11-4-6-14(16(8-11)32-2)28-21(30)23-18-10-13-19(23)24(27-23,20(13)26-18)22(31)29-15-7-5-12(25)9-17(15)33-3/h4-9,13,18-20H,10H2,1-3H3,(H,28,30)(H,29,31)/q-2. The summed E-state index contributed by atoms with van der Waals surface area (Å²) in [7, 11) is 3.20. The molecule has 9 heteroatoms. The van der Waals surface area contributed by atoms with Crippen molar-refractivity contribution in [2.24, 2.45) is 11.8 Å². The second-order valence-electron chi connectivity index (χ2n) is 8.96. The van der Waals surface area contributed by atoms with Crippen LogP contribution in [0.15, 0.2) is 36.4 Å². The fourth-order valence-corrected chi connectivity index (χ4v) is 20.7. The van der Waals surface area contributed by atoms with Gasteiger partial charge in [0.15, 0.2) is 0 Å². The van der Waals surface area contributed by atoms with Crippen LogP contribution in [-0.4, -0.2) is 40.7 Å². The number of alkyl halides is 4. The maximum absolute atomic E-state index is 13.7. The number of rotatable bonds is 6. The summed E-state index contributed by atoms with van der Waals surface area (Å²) in [5, 5.41) is 6.90. The van der Waals surface area contributed by atoms with E-state index < -0.39 is 21.2 Å². The maximum atomic E-state index is 13.7. The number of benzene rings is 2. The third-order valence-corrected chi connectivity index (χ3v) is 20.5. The zero-order valence-electron chi connectivity index (χ0n) is 18.2. The Morgan fingerprint density at radius 3 is 2.30 bits per heavy atom. The number of nitrogens with one attached hydrogen (secondary N) is 2. The molecule has 6 rings (SSSR count). The van der Waals surface area contributed by atoms with Crippen molar-refractivity contribution >= 4 is 34.8 Å². The molecule has 2 N–H and O–H groups in total. The van der Waals surface area contributed by atoms with Crippen molar-refractivity contribution < 1.29 is 61.5 Å². The van der Waals surface area contributed by atoms with E-state index in [1.54, 1.807) is 32.4 Å². The first-order valence-corrected chi connectivity index (χ1v) is 15.8. The van der Waals surface area contributed by atoms with Gasteiger partial charge in [-0.25, -0.2) is 0 Å². The molecule has 6 unspecified atom stereocenters. The molecule has 176 valence electrons. The number of anilines is 2. The summed E-state index contributed by atoms with van der Waals surface area (Å²) in [6, 6.07) is 11.1. The molecule has 2 amide bonds. The molecule has 0 aromatic heterocycles. The molecule has 2 aliphatic carbocycles. The Morgan fingerprint density at radius 1 is 1.00 bits per heavy atom. The van der Waals surface area contributed by atoms with Crippen LogP contribution in [0.5, 0.6) is 11.5 Å². The minimum atomic E-state index is -0.636. The van der Waals surface area contributed by atoms with Gasteiger partial charge < -0.3 is 0 Å². The van der Waals surface area contributed by atoms with Gasteiger partial charge in [-0.2, -0.15) is 0 Å². The molecule has 33 heavy (non-hydrogen) atoms. The molecule has 2 aromatic rings. The van der Waals surface area contributed by atoms with E-state index in [0.717, 1.165) is 17.7 Å². The molecule has 0 spiro atoms. The Morgan fingerprint density at radius 2 is 1.64 bits per heavy atom. The fraction of sp³-hybridized carbons (Fsp3) is 0.417. The van der Waals surface area contributed by atoms with Crippen LogP contribution >= 0.6 is 11.6 Å². The van der Waals surface area contributed by atoms with Crippen LogP contribution in [0.25, 0.3) is 0 Å². The average Bonchev–Trinajstić information content (AvgIpc) is 3.21. The van der Waals surface area contributed by atoms with Gasteiger partial charge in [-0.05, 0) is 0 Å². The molecule has 6 atom stereocenters. The zero-order chi connectivity index (χ0) is 23.1. The van der Waals surface area contributed by atoms with Crippen LogP contribution in [0, 0.1) is 18.8 Å². The van der Waals surface area contributed by atoms with E-state index >= 15 is 0 Å². The number of halogens is 3. The number of fused-ring (bicyclic) bond motifs is 3. The third kappa shape index (κ3) is 2.83. The molecular weight excluding hydrogens is 670 g/mol. The van der Waals surface area contributed by atoms with Gasteiger partial charge in [0.05, 0.1) is 0 Å². The van der Waals surface area contributed by atoms with Gasteiger partial charge in [0.25, 0.3) is 0 Å². The van der Waals surface area contributed by atoms with Gasteiger partial charge in [0, 0.05) is 0 Å². The predicted molar refractivity (Wildman–Crippen MR) is 118 cm³/mol. The normalized spacial score (nSPS) is 34.7. The van der Waals surface area contributed by atoms with Gasteiger partial charge >= 0.3 is 219 Å². The SMILES string of the molecule is COc1cc(C)ccc1NC(=O)C12[I-]C3(C(=O)Nc4ccc(Cl)cc4OC)C4[I-]C1CC4C23. The van der Waals surface area contributed by atoms with Crippen molar-refractivity contribution in [3.8, 4) is 11.5 Å². The number of methoxy groups -OCH3 is 2. The van der Waals surface area contributed by atoms with Crippen molar-refractivity contribution in [2.75, 3.05) is 24.9 Å². The van der Waals surface area contributed by atoms with E-state index in [1.807, 2.05) is 25.1 Å². The average molecular weight is 693 g/mol. The topological polar surface area (TPSA) is 76.7 Å². The molecule has 2 aromatic carbocycles. The van der Waals surface area contributed by atoms with Crippen LogP contribution in [-0.2, 0) is 9.59 Å². The number of carbonyl (C=O) groups excluding carboxylic acids is 2. The van der Waals surface area contributed by atoms with Gasteiger partial charge in [-0.1, -0.05) is 0 Å². The van der Waals surface area contributed by atoms with Crippen LogP contribution in [0.4, 0.5) is 11.4 Å². The van der Waals surface area contributed by atoms with Crippen LogP contribution in [0.3, 0.4) is 0 Å². The fourth-order valence-electron chi connectivity index (χ4n) is 5.99. The van der Waals surface area contributed by atoms with E-state index in [4.69, 9.17) is 21.1 Å². The summed E-state index contributed by atoms with van der Waals surface area (Å²) in [5.41, 5.74) is 2.45. The summed E-state index contributed by atoms with van der Waals surface area (Å²) >= 11 is 5.26. The van der Waals surface area contributed by atoms with Gasteiger partial charge in [-0.15, -0.1) is 0 Å². The monoisotopic (exact) mass is 692 g/mol.